The Morgan fingerprint density at radius 2 is 1.47 bits per heavy atom. The van der Waals surface area contributed by atoms with E-state index in [0.717, 1.165) is 6.54 Å². The lowest BCUT2D eigenvalue weighted by atomic mass is 10.2. The second kappa shape index (κ2) is 13.7. The summed E-state index contributed by atoms with van der Waals surface area (Å²) in [6.07, 6.45) is 11.1. The first-order valence-corrected chi connectivity index (χ1v) is 6.22. The fourth-order valence-corrected chi connectivity index (χ4v) is 1.59. The van der Waals surface area contributed by atoms with Crippen molar-refractivity contribution in [2.24, 2.45) is 0 Å². The van der Waals surface area contributed by atoms with Crippen molar-refractivity contribution in [1.82, 2.24) is 4.90 Å². The zero-order chi connectivity index (χ0) is 10.6. The predicted molar refractivity (Wildman–Crippen MR) is 69.3 cm³/mol. The zero-order valence-electron chi connectivity index (χ0n) is 10.8. The van der Waals surface area contributed by atoms with Crippen molar-refractivity contribution in [2.75, 3.05) is 19.6 Å². The molecular weight excluding hydrogens is 186 g/mol. The number of hydrogen-bond acceptors (Lipinski definition) is 1. The molecule has 0 heterocycles. The highest BCUT2D eigenvalue weighted by atomic mass is 16.0. The molecule has 92 valence electrons. The molecule has 0 unspecified atom stereocenters. The van der Waals surface area contributed by atoms with E-state index in [1.165, 1.54) is 45.2 Å². The molecule has 0 aromatic rings. The standard InChI is InChI=1S/C13H27N.H2O/c1-4-7-8-9-10-13-14(11-5-2)12-6-3;/h9-10H,4-8,11-13H2,1-3H3;1H2. The minimum atomic E-state index is 0. The number of nitrogens with zero attached hydrogens (tertiary/aromatic N) is 1. The Hall–Kier alpha value is -0.340. The summed E-state index contributed by atoms with van der Waals surface area (Å²) in [5.41, 5.74) is 0. The highest BCUT2D eigenvalue weighted by Crippen LogP contribution is 1.97. The minimum absolute atomic E-state index is 0. The van der Waals surface area contributed by atoms with Crippen LogP contribution in [0.3, 0.4) is 0 Å². The lowest BCUT2D eigenvalue weighted by molar-refractivity contribution is 0.303. The normalized spacial score (nSPS) is 10.9. The summed E-state index contributed by atoms with van der Waals surface area (Å²) in [4.78, 5) is 2.53. The van der Waals surface area contributed by atoms with Gasteiger partial charge in [0.15, 0.2) is 0 Å². The van der Waals surface area contributed by atoms with Crippen LogP contribution in [0.2, 0.25) is 0 Å². The Balaban J connectivity index is 0. The largest absolute Gasteiger partial charge is 0.412 e. The number of rotatable bonds is 9. The maximum absolute atomic E-state index is 2.53. The molecule has 2 heteroatoms. The fraction of sp³-hybridized carbons (Fsp3) is 0.846. The topological polar surface area (TPSA) is 34.7 Å². The van der Waals surface area contributed by atoms with Gasteiger partial charge in [0, 0.05) is 6.54 Å². The Morgan fingerprint density at radius 1 is 0.867 bits per heavy atom. The Bertz CT molecular complexity index is 128. The van der Waals surface area contributed by atoms with Gasteiger partial charge >= 0.3 is 0 Å². The van der Waals surface area contributed by atoms with Gasteiger partial charge in [0.05, 0.1) is 0 Å². The molecule has 0 aliphatic carbocycles. The van der Waals surface area contributed by atoms with E-state index in [1.54, 1.807) is 0 Å². The van der Waals surface area contributed by atoms with Gasteiger partial charge in [-0.15, -0.1) is 0 Å². The summed E-state index contributed by atoms with van der Waals surface area (Å²) in [7, 11) is 0. The van der Waals surface area contributed by atoms with Crippen LogP contribution >= 0.6 is 0 Å². The molecule has 0 saturated carbocycles. The van der Waals surface area contributed by atoms with Gasteiger partial charge in [-0.1, -0.05) is 45.8 Å². The van der Waals surface area contributed by atoms with Crippen molar-refractivity contribution >= 4 is 0 Å². The van der Waals surface area contributed by atoms with Gasteiger partial charge in [0.1, 0.15) is 0 Å². The molecule has 2 N–H and O–H groups in total. The van der Waals surface area contributed by atoms with Gasteiger partial charge in [0.2, 0.25) is 0 Å². The summed E-state index contributed by atoms with van der Waals surface area (Å²) in [6, 6.07) is 0. The lowest BCUT2D eigenvalue weighted by Crippen LogP contribution is -2.25. The molecule has 0 aliphatic heterocycles. The number of allylic oxidation sites excluding steroid dienone is 1. The van der Waals surface area contributed by atoms with Crippen LogP contribution in [0, 0.1) is 0 Å². The number of unbranched alkanes of at least 4 members (excludes halogenated alkanes) is 2. The predicted octanol–water partition coefficient (Wildman–Crippen LogP) is 3.03. The monoisotopic (exact) mass is 215 g/mol. The van der Waals surface area contributed by atoms with Crippen LogP contribution in [0.5, 0.6) is 0 Å². The van der Waals surface area contributed by atoms with E-state index in [9.17, 15) is 0 Å². The summed E-state index contributed by atoms with van der Waals surface area (Å²) >= 11 is 0. The van der Waals surface area contributed by atoms with Crippen LogP contribution < -0.4 is 0 Å². The first-order valence-electron chi connectivity index (χ1n) is 6.22. The molecule has 0 amide bonds. The van der Waals surface area contributed by atoms with Crippen LogP contribution in [0.25, 0.3) is 0 Å². The van der Waals surface area contributed by atoms with E-state index in [2.05, 4.69) is 37.8 Å². The first-order chi connectivity index (χ1) is 6.85. The highest BCUT2D eigenvalue weighted by Gasteiger charge is 1.97. The van der Waals surface area contributed by atoms with Gasteiger partial charge in [-0.3, -0.25) is 4.90 Å². The van der Waals surface area contributed by atoms with Crippen LogP contribution in [-0.4, -0.2) is 30.0 Å². The molecule has 0 aromatic heterocycles. The molecule has 0 saturated heterocycles. The van der Waals surface area contributed by atoms with Gasteiger partial charge in [-0.2, -0.15) is 0 Å². The van der Waals surface area contributed by atoms with Crippen LogP contribution in [0.4, 0.5) is 0 Å². The summed E-state index contributed by atoms with van der Waals surface area (Å²) in [5, 5.41) is 0. The van der Waals surface area contributed by atoms with E-state index in [4.69, 9.17) is 0 Å². The molecule has 15 heavy (non-hydrogen) atoms. The van der Waals surface area contributed by atoms with E-state index >= 15 is 0 Å². The van der Waals surface area contributed by atoms with Crippen molar-refractivity contribution in [3.8, 4) is 0 Å². The quantitative estimate of drug-likeness (QED) is 0.430. The third-order valence-corrected chi connectivity index (χ3v) is 2.33. The van der Waals surface area contributed by atoms with Gasteiger partial charge in [0.25, 0.3) is 0 Å². The molecule has 0 radical (unpaired) electrons. The van der Waals surface area contributed by atoms with Gasteiger partial charge in [-0.25, -0.2) is 0 Å². The average molecular weight is 215 g/mol. The first kappa shape index (κ1) is 17.1. The minimum Gasteiger partial charge on any atom is -0.412 e. The van der Waals surface area contributed by atoms with Crippen molar-refractivity contribution in [1.29, 1.82) is 0 Å². The average Bonchev–Trinajstić information content (AvgIpc) is 2.18. The zero-order valence-corrected chi connectivity index (χ0v) is 10.8. The number of hydrogen-bond donors (Lipinski definition) is 0. The summed E-state index contributed by atoms with van der Waals surface area (Å²) in [5.74, 6) is 0. The molecule has 0 aromatic carbocycles. The van der Waals surface area contributed by atoms with Crippen molar-refractivity contribution in [3.63, 3.8) is 0 Å². The van der Waals surface area contributed by atoms with E-state index < -0.39 is 0 Å². The molecule has 0 fully saturated rings. The third kappa shape index (κ3) is 11.6. The maximum atomic E-state index is 2.53. The van der Waals surface area contributed by atoms with E-state index in [-0.39, 0.29) is 5.48 Å². The van der Waals surface area contributed by atoms with E-state index in [0.29, 0.717) is 0 Å². The third-order valence-electron chi connectivity index (χ3n) is 2.33. The summed E-state index contributed by atoms with van der Waals surface area (Å²) < 4.78 is 0. The lowest BCUT2D eigenvalue weighted by Gasteiger charge is -2.18. The van der Waals surface area contributed by atoms with Gasteiger partial charge < -0.3 is 5.48 Å². The Labute approximate surface area is 95.7 Å². The highest BCUT2D eigenvalue weighted by molar-refractivity contribution is 4.84. The van der Waals surface area contributed by atoms with Crippen LogP contribution in [0.15, 0.2) is 12.2 Å². The van der Waals surface area contributed by atoms with Crippen LogP contribution in [-0.2, 0) is 0 Å². The molecule has 0 spiro atoms. The molecule has 0 rings (SSSR count). The fourth-order valence-electron chi connectivity index (χ4n) is 1.59. The SMILES string of the molecule is CCCCC=CCN(CCC)CCC.O. The van der Waals surface area contributed by atoms with Crippen molar-refractivity contribution < 1.29 is 5.48 Å². The van der Waals surface area contributed by atoms with Gasteiger partial charge in [-0.05, 0) is 32.4 Å². The smallest absolute Gasteiger partial charge is 0.0163 e. The maximum Gasteiger partial charge on any atom is 0.0163 e. The molecular formula is C13H29NO. The molecule has 2 nitrogen and oxygen atoms in total. The van der Waals surface area contributed by atoms with E-state index in [1.807, 2.05) is 0 Å². The second-order valence-corrected chi connectivity index (χ2v) is 3.91. The molecule has 0 atom stereocenters. The molecule has 0 bridgehead atoms. The van der Waals surface area contributed by atoms with Crippen molar-refractivity contribution in [3.05, 3.63) is 12.2 Å². The van der Waals surface area contributed by atoms with Crippen molar-refractivity contribution in [2.45, 2.75) is 52.9 Å². The summed E-state index contributed by atoms with van der Waals surface area (Å²) in [6.45, 7) is 10.4. The Morgan fingerprint density at radius 3 is 1.93 bits per heavy atom. The second-order valence-electron chi connectivity index (χ2n) is 3.91. The molecule has 0 aliphatic rings. The Kier molecular flexibility index (Phi) is 15.5. The van der Waals surface area contributed by atoms with Crippen LogP contribution in [0.1, 0.15) is 52.9 Å².